The summed E-state index contributed by atoms with van der Waals surface area (Å²) in [5.74, 6) is 0. The molecule has 0 saturated heterocycles. The number of nitrogens with zero attached hydrogens (tertiary/aromatic N) is 3. The second-order valence-electron chi connectivity index (χ2n) is 17.8. The highest BCUT2D eigenvalue weighted by Gasteiger charge is 2.36. The van der Waals surface area contributed by atoms with E-state index in [-0.39, 0.29) is 5.41 Å². The van der Waals surface area contributed by atoms with E-state index >= 15 is 0 Å². The van der Waals surface area contributed by atoms with Gasteiger partial charge in [-0.1, -0.05) is 166 Å². The largest absolute Gasteiger partial charge is 0.309 e. The minimum atomic E-state index is -0.204. The molecule has 0 amide bonds. The van der Waals surface area contributed by atoms with E-state index in [1.165, 1.54) is 93.9 Å². The highest BCUT2D eigenvalue weighted by atomic mass is 15.0. The molecule has 2 heterocycles. The van der Waals surface area contributed by atoms with Gasteiger partial charge in [0.1, 0.15) is 0 Å². The fraction of sp³-hybridized carbons (Fsp3) is 0.0492. The smallest absolute Gasteiger partial charge is 0.0979 e. The Balaban J connectivity index is 0.832. The first-order valence-corrected chi connectivity index (χ1v) is 22.1. The second kappa shape index (κ2) is 13.9. The van der Waals surface area contributed by atoms with Crippen molar-refractivity contribution in [2.75, 3.05) is 0 Å². The van der Waals surface area contributed by atoms with E-state index in [2.05, 4.69) is 225 Å². The summed E-state index contributed by atoms with van der Waals surface area (Å²) in [5.41, 5.74) is 19.7. The maximum atomic E-state index is 5.33. The first-order chi connectivity index (χ1) is 31.5. The molecule has 0 unspecified atom stereocenters. The molecule has 12 aromatic rings. The zero-order valence-corrected chi connectivity index (χ0v) is 35.5. The third-order valence-corrected chi connectivity index (χ3v) is 13.8. The van der Waals surface area contributed by atoms with Crippen LogP contribution < -0.4 is 0 Å². The second-order valence-corrected chi connectivity index (χ2v) is 17.8. The SMILES string of the molecule is CC1(C)c2cc(-c3cccc(-c4cccc(-c5ccc6c(c5)c5ccccc5n6-c5ccccc5)c4)c3)ccc2-c2ccc(-c3cnc4c5ccccc5c5ccccc5c4n3)cc21. The molecule has 1 aliphatic rings. The van der Waals surface area contributed by atoms with Crippen LogP contribution in [-0.4, -0.2) is 14.5 Å². The normalized spacial score (nSPS) is 13.0. The Labute approximate surface area is 371 Å². The zero-order valence-electron chi connectivity index (χ0n) is 35.5. The molecule has 2 aromatic heterocycles. The molecule has 0 N–H and O–H groups in total. The van der Waals surface area contributed by atoms with Gasteiger partial charge in [-0.05, 0) is 121 Å². The van der Waals surface area contributed by atoms with Gasteiger partial charge in [0.2, 0.25) is 0 Å². The summed E-state index contributed by atoms with van der Waals surface area (Å²) in [7, 11) is 0. The molecule has 0 bridgehead atoms. The maximum absolute atomic E-state index is 5.33. The predicted octanol–water partition coefficient (Wildman–Crippen LogP) is 16.0. The molecule has 0 spiro atoms. The van der Waals surface area contributed by atoms with Crippen molar-refractivity contribution in [3.63, 3.8) is 0 Å². The summed E-state index contributed by atoms with van der Waals surface area (Å²) in [4.78, 5) is 10.4. The lowest BCUT2D eigenvalue weighted by Gasteiger charge is -2.22. The third-order valence-electron chi connectivity index (χ3n) is 13.8. The van der Waals surface area contributed by atoms with Crippen LogP contribution in [0.3, 0.4) is 0 Å². The lowest BCUT2D eigenvalue weighted by molar-refractivity contribution is 0.661. The van der Waals surface area contributed by atoms with Gasteiger partial charge >= 0.3 is 0 Å². The standard InChI is InChI=1S/C61H41N3/c1-61(2)54-35-43(26-29-48(54)49-30-27-44(36-55(49)61)56-37-62-59-51-23-8-6-20-46(51)47-21-7-9-24-52(47)60(59)63-56)41-17-13-15-39(33-41)38-14-12-16-40(32-38)42-28-31-58-53(34-42)50-22-10-11-25-57(50)64(58)45-18-4-3-5-19-45/h3-37H,1-2H3. The van der Waals surface area contributed by atoms with Gasteiger partial charge in [-0.2, -0.15) is 0 Å². The number of aromatic nitrogens is 3. The van der Waals surface area contributed by atoms with Gasteiger partial charge in [0, 0.05) is 38.2 Å². The fourth-order valence-electron chi connectivity index (χ4n) is 10.6. The van der Waals surface area contributed by atoms with Gasteiger partial charge in [-0.3, -0.25) is 4.98 Å². The van der Waals surface area contributed by atoms with Crippen molar-refractivity contribution < 1.29 is 0 Å². The first kappa shape index (κ1) is 36.5. The monoisotopic (exact) mass is 815 g/mol. The number of fused-ring (bicyclic) bond motifs is 12. The number of benzene rings is 10. The van der Waals surface area contributed by atoms with Crippen LogP contribution in [0.1, 0.15) is 25.0 Å². The molecule has 0 aliphatic heterocycles. The summed E-state index contributed by atoms with van der Waals surface area (Å²) < 4.78 is 2.37. The Morgan fingerprint density at radius 3 is 1.50 bits per heavy atom. The highest BCUT2D eigenvalue weighted by molar-refractivity contribution is 6.23. The Morgan fingerprint density at radius 1 is 0.359 bits per heavy atom. The molecule has 0 radical (unpaired) electrons. The van der Waals surface area contributed by atoms with Gasteiger partial charge in [0.25, 0.3) is 0 Å². The van der Waals surface area contributed by atoms with Crippen LogP contribution >= 0.6 is 0 Å². The van der Waals surface area contributed by atoms with Crippen LogP contribution in [-0.2, 0) is 5.41 Å². The molecular weight excluding hydrogens is 775 g/mol. The number of para-hydroxylation sites is 2. The van der Waals surface area contributed by atoms with Crippen molar-refractivity contribution in [1.29, 1.82) is 0 Å². The first-order valence-electron chi connectivity index (χ1n) is 22.1. The van der Waals surface area contributed by atoms with Crippen LogP contribution in [0.25, 0.3) is 116 Å². The van der Waals surface area contributed by atoms with Crippen LogP contribution in [0.15, 0.2) is 212 Å². The molecule has 0 saturated carbocycles. The van der Waals surface area contributed by atoms with E-state index in [1.54, 1.807) is 0 Å². The van der Waals surface area contributed by atoms with Gasteiger partial charge in [-0.25, -0.2) is 4.98 Å². The van der Waals surface area contributed by atoms with Crippen molar-refractivity contribution in [1.82, 2.24) is 14.5 Å². The molecule has 64 heavy (non-hydrogen) atoms. The van der Waals surface area contributed by atoms with Crippen molar-refractivity contribution in [2.24, 2.45) is 0 Å². The van der Waals surface area contributed by atoms with E-state index in [9.17, 15) is 0 Å². The highest BCUT2D eigenvalue weighted by Crippen LogP contribution is 2.51. The third kappa shape index (κ3) is 5.54. The lowest BCUT2D eigenvalue weighted by Crippen LogP contribution is -2.15. The topological polar surface area (TPSA) is 30.7 Å². The maximum Gasteiger partial charge on any atom is 0.0979 e. The van der Waals surface area contributed by atoms with Crippen LogP contribution in [0.4, 0.5) is 0 Å². The summed E-state index contributed by atoms with van der Waals surface area (Å²) in [6.45, 7) is 4.71. The zero-order chi connectivity index (χ0) is 42.5. The van der Waals surface area contributed by atoms with Gasteiger partial charge in [0.05, 0.1) is 34.0 Å². The lowest BCUT2D eigenvalue weighted by atomic mass is 9.81. The summed E-state index contributed by atoms with van der Waals surface area (Å²) >= 11 is 0. The Kier molecular flexibility index (Phi) is 7.95. The molecule has 1 aliphatic carbocycles. The molecule has 13 rings (SSSR count). The molecule has 0 atom stereocenters. The Morgan fingerprint density at radius 2 is 0.844 bits per heavy atom. The average molecular weight is 816 g/mol. The Hall–Kier alpha value is -8.14. The van der Waals surface area contributed by atoms with Gasteiger partial charge < -0.3 is 4.57 Å². The quantitative estimate of drug-likeness (QED) is 0.162. The number of rotatable bonds is 5. The fourth-order valence-corrected chi connectivity index (χ4v) is 10.6. The average Bonchev–Trinajstić information content (AvgIpc) is 3.81. The van der Waals surface area contributed by atoms with Crippen LogP contribution in [0.5, 0.6) is 0 Å². The van der Waals surface area contributed by atoms with E-state index in [0.29, 0.717) is 0 Å². The molecule has 0 fully saturated rings. The minimum Gasteiger partial charge on any atom is -0.309 e. The number of hydrogen-bond donors (Lipinski definition) is 0. The van der Waals surface area contributed by atoms with E-state index in [0.717, 1.165) is 33.1 Å². The summed E-state index contributed by atoms with van der Waals surface area (Å²) in [5, 5.41) is 7.19. The van der Waals surface area contributed by atoms with Crippen molar-refractivity contribution >= 4 is 54.4 Å². The van der Waals surface area contributed by atoms with Gasteiger partial charge in [-0.15, -0.1) is 0 Å². The summed E-state index contributed by atoms with van der Waals surface area (Å²) in [6.07, 6.45) is 1.95. The van der Waals surface area contributed by atoms with E-state index in [1.807, 2.05) is 6.20 Å². The predicted molar refractivity (Wildman–Crippen MR) is 268 cm³/mol. The molecular formula is C61H41N3. The van der Waals surface area contributed by atoms with Crippen molar-refractivity contribution in [2.45, 2.75) is 19.3 Å². The van der Waals surface area contributed by atoms with Crippen LogP contribution in [0.2, 0.25) is 0 Å². The Bertz CT molecular complexity index is 3840. The number of hydrogen-bond acceptors (Lipinski definition) is 2. The van der Waals surface area contributed by atoms with Gasteiger partial charge in [0.15, 0.2) is 0 Å². The van der Waals surface area contributed by atoms with Crippen molar-refractivity contribution in [3.05, 3.63) is 224 Å². The molecule has 3 heteroatoms. The van der Waals surface area contributed by atoms with Crippen molar-refractivity contribution in [3.8, 4) is 61.5 Å². The van der Waals surface area contributed by atoms with Crippen LogP contribution in [0, 0.1) is 0 Å². The molecule has 3 nitrogen and oxygen atoms in total. The minimum absolute atomic E-state index is 0.204. The van der Waals surface area contributed by atoms with E-state index < -0.39 is 0 Å². The summed E-state index contributed by atoms with van der Waals surface area (Å²) in [6, 6.07) is 75.2. The van der Waals surface area contributed by atoms with E-state index in [4.69, 9.17) is 9.97 Å². The molecule has 300 valence electrons. The molecule has 10 aromatic carbocycles.